The summed E-state index contributed by atoms with van der Waals surface area (Å²) in [6, 6.07) is 5.79. The molecule has 0 radical (unpaired) electrons. The van der Waals surface area contributed by atoms with Crippen LogP contribution >= 0.6 is 0 Å². The van der Waals surface area contributed by atoms with E-state index in [4.69, 9.17) is 4.74 Å². The zero-order chi connectivity index (χ0) is 15.7. The second kappa shape index (κ2) is 6.13. The third-order valence-corrected chi connectivity index (χ3v) is 4.50. The zero-order valence-electron chi connectivity index (χ0n) is 13.6. The molecular formula is C18H24N2O2. The van der Waals surface area contributed by atoms with Crippen LogP contribution in [0.2, 0.25) is 0 Å². The third-order valence-electron chi connectivity index (χ3n) is 4.50. The van der Waals surface area contributed by atoms with Crippen molar-refractivity contribution in [2.45, 2.75) is 20.3 Å². The highest BCUT2D eigenvalue weighted by Gasteiger charge is 2.24. The number of nitrogens with zero attached hydrogens (tertiary/aromatic N) is 1. The van der Waals surface area contributed by atoms with Crippen LogP contribution in [0, 0.1) is 11.8 Å². The maximum Gasteiger partial charge on any atom is 0.178 e. The molecule has 1 N–H and O–H groups in total. The molecular weight excluding hydrogens is 276 g/mol. The lowest BCUT2D eigenvalue weighted by atomic mass is 9.91. The van der Waals surface area contributed by atoms with Gasteiger partial charge in [-0.1, -0.05) is 13.8 Å². The molecule has 1 fully saturated rings. The van der Waals surface area contributed by atoms with Gasteiger partial charge in [-0.25, -0.2) is 0 Å². The lowest BCUT2D eigenvalue weighted by Gasteiger charge is -2.34. The Labute approximate surface area is 131 Å². The highest BCUT2D eigenvalue weighted by molar-refractivity contribution is 6.09. The highest BCUT2D eigenvalue weighted by Crippen LogP contribution is 2.25. The van der Waals surface area contributed by atoms with Crippen molar-refractivity contribution < 1.29 is 9.53 Å². The van der Waals surface area contributed by atoms with Crippen LogP contribution in [0.5, 0.6) is 5.75 Å². The Morgan fingerprint density at radius 1 is 1.32 bits per heavy atom. The summed E-state index contributed by atoms with van der Waals surface area (Å²) in [5.41, 5.74) is 1.73. The Morgan fingerprint density at radius 2 is 2.05 bits per heavy atom. The Morgan fingerprint density at radius 3 is 2.73 bits per heavy atom. The van der Waals surface area contributed by atoms with Crippen molar-refractivity contribution in [2.75, 3.05) is 26.7 Å². The number of carbonyl (C=O) groups excluding carboxylic acids is 1. The van der Waals surface area contributed by atoms with E-state index in [2.05, 4.69) is 23.7 Å². The van der Waals surface area contributed by atoms with Crippen molar-refractivity contribution in [2.24, 2.45) is 11.8 Å². The molecule has 1 saturated heterocycles. The number of ether oxygens (including phenoxy) is 1. The van der Waals surface area contributed by atoms with Crippen molar-refractivity contribution in [3.63, 3.8) is 0 Å². The van der Waals surface area contributed by atoms with E-state index < -0.39 is 0 Å². The minimum Gasteiger partial charge on any atom is -0.497 e. The van der Waals surface area contributed by atoms with Crippen molar-refractivity contribution in [1.29, 1.82) is 0 Å². The number of piperidine rings is 1. The standard InChI is InChI=1S/C18H24N2O2/c1-12-6-13(2)10-20(9-12)11-18(21)16-8-19-17-7-14(22-3)4-5-15(16)17/h4-5,7-8,12-13,19H,6,9-11H2,1-3H3. The Bertz CT molecular complexity index is 667. The first kappa shape index (κ1) is 15.1. The summed E-state index contributed by atoms with van der Waals surface area (Å²) in [4.78, 5) is 18.1. The number of aromatic amines is 1. The van der Waals surface area contributed by atoms with E-state index in [1.54, 1.807) is 7.11 Å². The lowest BCUT2D eigenvalue weighted by molar-refractivity contribution is 0.0851. The normalized spacial score (nSPS) is 22.9. The van der Waals surface area contributed by atoms with Crippen LogP contribution in [-0.4, -0.2) is 42.4 Å². The van der Waals surface area contributed by atoms with Crippen LogP contribution in [0.15, 0.2) is 24.4 Å². The van der Waals surface area contributed by atoms with Gasteiger partial charge in [-0.3, -0.25) is 9.69 Å². The molecule has 3 rings (SSSR count). The van der Waals surface area contributed by atoms with Gasteiger partial charge in [0.15, 0.2) is 5.78 Å². The molecule has 2 unspecified atom stereocenters. The summed E-state index contributed by atoms with van der Waals surface area (Å²) in [5, 5.41) is 0.976. The molecule has 2 heterocycles. The molecule has 118 valence electrons. The maximum absolute atomic E-state index is 12.7. The Kier molecular flexibility index (Phi) is 4.21. The first-order valence-electron chi connectivity index (χ1n) is 7.97. The first-order chi connectivity index (χ1) is 10.6. The molecule has 1 aromatic carbocycles. The van der Waals surface area contributed by atoms with Crippen LogP contribution in [0.4, 0.5) is 0 Å². The number of hydrogen-bond donors (Lipinski definition) is 1. The smallest absolute Gasteiger partial charge is 0.178 e. The van der Waals surface area contributed by atoms with Gasteiger partial charge in [0.1, 0.15) is 5.75 Å². The SMILES string of the molecule is COc1ccc2c(C(=O)CN3CC(C)CC(C)C3)c[nH]c2c1. The second-order valence-electron chi connectivity index (χ2n) is 6.68. The number of rotatable bonds is 4. The largest absolute Gasteiger partial charge is 0.497 e. The van der Waals surface area contributed by atoms with Gasteiger partial charge in [0.05, 0.1) is 13.7 Å². The number of ketones is 1. The van der Waals surface area contributed by atoms with Gasteiger partial charge in [-0.2, -0.15) is 0 Å². The maximum atomic E-state index is 12.7. The van der Waals surface area contributed by atoms with Gasteiger partial charge in [0.2, 0.25) is 0 Å². The van der Waals surface area contributed by atoms with Crippen molar-refractivity contribution in [3.05, 3.63) is 30.0 Å². The molecule has 4 heteroatoms. The number of H-pyrrole nitrogens is 1. The molecule has 1 aliphatic rings. The van der Waals surface area contributed by atoms with E-state index in [0.29, 0.717) is 18.4 Å². The van der Waals surface area contributed by atoms with Gasteiger partial charge in [-0.15, -0.1) is 0 Å². The van der Waals surface area contributed by atoms with Crippen molar-refractivity contribution >= 4 is 16.7 Å². The fraction of sp³-hybridized carbons (Fsp3) is 0.500. The summed E-state index contributed by atoms with van der Waals surface area (Å²) in [6.45, 7) is 7.09. The summed E-state index contributed by atoms with van der Waals surface area (Å²) in [6.07, 6.45) is 3.08. The minimum absolute atomic E-state index is 0.192. The molecule has 0 amide bonds. The highest BCUT2D eigenvalue weighted by atomic mass is 16.5. The fourth-order valence-electron chi connectivity index (χ4n) is 3.67. The second-order valence-corrected chi connectivity index (χ2v) is 6.68. The Hall–Kier alpha value is -1.81. The van der Waals surface area contributed by atoms with Gasteiger partial charge < -0.3 is 9.72 Å². The monoisotopic (exact) mass is 300 g/mol. The summed E-state index contributed by atoms with van der Waals surface area (Å²) in [5.74, 6) is 2.33. The van der Waals surface area contributed by atoms with E-state index >= 15 is 0 Å². The van der Waals surface area contributed by atoms with Gasteiger partial charge in [-0.05, 0) is 30.4 Å². The fourth-order valence-corrected chi connectivity index (χ4v) is 3.67. The summed E-state index contributed by atoms with van der Waals surface area (Å²) >= 11 is 0. The number of likely N-dealkylation sites (tertiary alicyclic amines) is 1. The number of carbonyl (C=O) groups is 1. The molecule has 2 aromatic rings. The molecule has 1 aromatic heterocycles. The lowest BCUT2D eigenvalue weighted by Crippen LogP contribution is -2.41. The predicted octanol–water partition coefficient (Wildman–Crippen LogP) is 3.34. The van der Waals surface area contributed by atoms with Crippen molar-refractivity contribution in [3.8, 4) is 5.75 Å². The van der Waals surface area contributed by atoms with E-state index in [0.717, 1.165) is 35.3 Å². The van der Waals surface area contributed by atoms with Crippen LogP contribution in [0.25, 0.3) is 10.9 Å². The van der Waals surface area contributed by atoms with Crippen molar-refractivity contribution in [1.82, 2.24) is 9.88 Å². The number of benzene rings is 1. The molecule has 2 atom stereocenters. The van der Waals surface area contributed by atoms with Crippen LogP contribution in [0.1, 0.15) is 30.6 Å². The third kappa shape index (κ3) is 3.02. The molecule has 4 nitrogen and oxygen atoms in total. The van der Waals surface area contributed by atoms with Gasteiger partial charge >= 0.3 is 0 Å². The van der Waals surface area contributed by atoms with Gasteiger partial charge in [0.25, 0.3) is 0 Å². The topological polar surface area (TPSA) is 45.3 Å². The number of aromatic nitrogens is 1. The van der Waals surface area contributed by atoms with Crippen LogP contribution < -0.4 is 4.74 Å². The zero-order valence-corrected chi connectivity index (χ0v) is 13.6. The van der Waals surface area contributed by atoms with E-state index in [-0.39, 0.29) is 5.78 Å². The summed E-state index contributed by atoms with van der Waals surface area (Å²) < 4.78 is 5.22. The molecule has 22 heavy (non-hydrogen) atoms. The first-order valence-corrected chi connectivity index (χ1v) is 7.97. The summed E-state index contributed by atoms with van der Waals surface area (Å²) in [7, 11) is 1.65. The predicted molar refractivity (Wildman–Crippen MR) is 88.6 cm³/mol. The number of hydrogen-bond acceptors (Lipinski definition) is 3. The number of nitrogens with one attached hydrogen (secondary N) is 1. The van der Waals surface area contributed by atoms with E-state index in [9.17, 15) is 4.79 Å². The molecule has 0 spiro atoms. The minimum atomic E-state index is 0.192. The van der Waals surface area contributed by atoms with E-state index in [1.165, 1.54) is 6.42 Å². The van der Waals surface area contributed by atoms with Gasteiger partial charge in [0, 0.05) is 41.8 Å². The molecule has 0 saturated carbocycles. The molecule has 0 bridgehead atoms. The number of fused-ring (bicyclic) bond motifs is 1. The number of Topliss-reactive ketones (excluding diaryl/α,β-unsaturated/α-hetero) is 1. The average molecular weight is 300 g/mol. The molecule has 0 aliphatic carbocycles. The van der Waals surface area contributed by atoms with Crippen LogP contribution in [-0.2, 0) is 0 Å². The molecule has 1 aliphatic heterocycles. The Balaban J connectivity index is 1.77. The van der Waals surface area contributed by atoms with Crippen LogP contribution in [0.3, 0.4) is 0 Å². The van der Waals surface area contributed by atoms with E-state index in [1.807, 2.05) is 24.4 Å². The quantitative estimate of drug-likeness (QED) is 0.881. The average Bonchev–Trinajstić information content (AvgIpc) is 2.88. The number of methoxy groups -OCH3 is 1.